The van der Waals surface area contributed by atoms with Gasteiger partial charge in [0.25, 0.3) is 0 Å². The van der Waals surface area contributed by atoms with E-state index in [1.807, 2.05) is 37.4 Å². The average molecular weight is 408 g/mol. The molecule has 1 aromatic carbocycles. The number of carbonyl (C=O) groups excluding carboxylic acids is 1. The molecule has 2 heterocycles. The molecule has 1 aliphatic rings. The lowest BCUT2D eigenvalue weighted by Gasteiger charge is -2.30. The summed E-state index contributed by atoms with van der Waals surface area (Å²) >= 11 is 1.51. The second-order valence-corrected chi connectivity index (χ2v) is 9.56. The van der Waals surface area contributed by atoms with Crippen LogP contribution in [0.1, 0.15) is 36.3 Å². The van der Waals surface area contributed by atoms with E-state index in [1.165, 1.54) is 11.3 Å². The summed E-state index contributed by atoms with van der Waals surface area (Å²) in [5.74, 6) is 0. The van der Waals surface area contributed by atoms with Crippen molar-refractivity contribution in [2.75, 3.05) is 6.54 Å². The summed E-state index contributed by atoms with van der Waals surface area (Å²) < 4.78 is 27.9. The van der Waals surface area contributed by atoms with Gasteiger partial charge in [-0.2, -0.15) is 0 Å². The molecule has 1 unspecified atom stereocenters. The van der Waals surface area contributed by atoms with Crippen LogP contribution in [0.15, 0.2) is 40.6 Å². The van der Waals surface area contributed by atoms with E-state index in [4.69, 9.17) is 0 Å². The van der Waals surface area contributed by atoms with Gasteiger partial charge in [0.05, 0.1) is 4.90 Å². The molecule has 1 aromatic heterocycles. The van der Waals surface area contributed by atoms with Crippen molar-refractivity contribution in [2.45, 2.75) is 50.7 Å². The fourth-order valence-electron chi connectivity index (χ4n) is 2.94. The van der Waals surface area contributed by atoms with Crippen molar-refractivity contribution in [1.29, 1.82) is 0 Å². The van der Waals surface area contributed by atoms with Crippen LogP contribution in [0.25, 0.3) is 0 Å². The average Bonchev–Trinajstić information content (AvgIpc) is 3.19. The first kappa shape index (κ1) is 19.9. The van der Waals surface area contributed by atoms with Crippen LogP contribution in [0.3, 0.4) is 0 Å². The number of amides is 2. The Balaban J connectivity index is 1.72. The van der Waals surface area contributed by atoms with E-state index in [0.717, 1.165) is 28.8 Å². The van der Waals surface area contributed by atoms with Gasteiger partial charge in [-0.1, -0.05) is 19.1 Å². The van der Waals surface area contributed by atoms with Crippen LogP contribution in [-0.4, -0.2) is 31.9 Å². The van der Waals surface area contributed by atoms with E-state index in [1.54, 1.807) is 17.0 Å². The molecule has 3 rings (SSSR count). The Kier molecular flexibility index (Phi) is 6.18. The lowest BCUT2D eigenvalue weighted by molar-refractivity contribution is 0.188. The summed E-state index contributed by atoms with van der Waals surface area (Å²) in [6.07, 6.45) is 1.60. The smallest absolute Gasteiger partial charge is 0.317 e. The van der Waals surface area contributed by atoms with Crippen LogP contribution in [-0.2, 0) is 29.5 Å². The second-order valence-electron chi connectivity index (χ2n) is 6.76. The molecule has 2 N–H and O–H groups in total. The zero-order valence-electron chi connectivity index (χ0n) is 15.6. The van der Waals surface area contributed by atoms with Gasteiger partial charge in [0.2, 0.25) is 10.0 Å². The standard InChI is InChI=1S/C19H25N3O3S2/c1-3-14(2)21-19(23)22-9-8-15-6-7-18(11-16(15)13-22)27(24,25)20-12-17-5-4-10-26-17/h4-7,10-11,14,20H,3,8-9,12-13H2,1-2H3,(H,21,23). The van der Waals surface area contributed by atoms with Gasteiger partial charge in [0.15, 0.2) is 0 Å². The number of nitrogens with zero attached hydrogens (tertiary/aromatic N) is 1. The fourth-order valence-corrected chi connectivity index (χ4v) is 4.73. The Bertz CT molecular complexity index is 895. The maximum Gasteiger partial charge on any atom is 0.317 e. The summed E-state index contributed by atoms with van der Waals surface area (Å²) in [6.45, 7) is 5.33. The number of fused-ring (bicyclic) bond motifs is 1. The number of sulfonamides is 1. The number of thiophene rings is 1. The molecular formula is C19H25N3O3S2. The van der Waals surface area contributed by atoms with Crippen LogP contribution >= 0.6 is 11.3 Å². The molecule has 1 aliphatic heterocycles. The van der Waals surface area contributed by atoms with Crippen LogP contribution in [0.4, 0.5) is 4.79 Å². The largest absolute Gasteiger partial charge is 0.336 e. The molecule has 0 bridgehead atoms. The highest BCUT2D eigenvalue weighted by Gasteiger charge is 2.23. The number of rotatable bonds is 6. The molecule has 0 aliphatic carbocycles. The van der Waals surface area contributed by atoms with Crippen molar-refractivity contribution in [3.05, 3.63) is 51.7 Å². The number of nitrogens with one attached hydrogen (secondary N) is 2. The van der Waals surface area contributed by atoms with Crippen LogP contribution in [0.5, 0.6) is 0 Å². The lowest BCUT2D eigenvalue weighted by atomic mass is 10.0. The Morgan fingerprint density at radius 3 is 2.81 bits per heavy atom. The summed E-state index contributed by atoms with van der Waals surface area (Å²) in [7, 11) is -3.59. The van der Waals surface area contributed by atoms with Crippen molar-refractivity contribution in [3.63, 3.8) is 0 Å². The Hall–Kier alpha value is -1.90. The molecule has 2 aromatic rings. The second kappa shape index (κ2) is 8.41. The monoisotopic (exact) mass is 407 g/mol. The summed E-state index contributed by atoms with van der Waals surface area (Å²) in [5, 5.41) is 4.89. The minimum absolute atomic E-state index is 0.0981. The maximum absolute atomic E-state index is 12.6. The molecule has 0 radical (unpaired) electrons. The van der Waals surface area contributed by atoms with Crippen molar-refractivity contribution >= 4 is 27.4 Å². The van der Waals surface area contributed by atoms with E-state index in [-0.39, 0.29) is 23.5 Å². The molecule has 0 saturated carbocycles. The van der Waals surface area contributed by atoms with E-state index >= 15 is 0 Å². The molecular weight excluding hydrogens is 382 g/mol. The van der Waals surface area contributed by atoms with Gasteiger partial charge in [0, 0.05) is 30.6 Å². The van der Waals surface area contributed by atoms with Crippen molar-refractivity contribution in [3.8, 4) is 0 Å². The first-order chi connectivity index (χ1) is 12.9. The van der Waals surface area contributed by atoms with Crippen molar-refractivity contribution in [2.24, 2.45) is 0 Å². The highest BCUT2D eigenvalue weighted by molar-refractivity contribution is 7.89. The van der Waals surface area contributed by atoms with Gasteiger partial charge in [-0.15, -0.1) is 11.3 Å². The van der Waals surface area contributed by atoms with Gasteiger partial charge >= 0.3 is 6.03 Å². The van der Waals surface area contributed by atoms with Crippen LogP contribution in [0, 0.1) is 0 Å². The Morgan fingerprint density at radius 2 is 2.11 bits per heavy atom. The van der Waals surface area contributed by atoms with Gasteiger partial charge in [-0.3, -0.25) is 0 Å². The molecule has 1 atom stereocenters. The third-order valence-electron chi connectivity index (χ3n) is 4.79. The quantitative estimate of drug-likeness (QED) is 0.772. The number of hydrogen-bond acceptors (Lipinski definition) is 4. The van der Waals surface area contributed by atoms with E-state index in [9.17, 15) is 13.2 Å². The number of benzene rings is 1. The van der Waals surface area contributed by atoms with Gasteiger partial charge < -0.3 is 10.2 Å². The van der Waals surface area contributed by atoms with Gasteiger partial charge in [-0.05, 0) is 54.5 Å². The summed E-state index contributed by atoms with van der Waals surface area (Å²) in [5.41, 5.74) is 1.99. The Labute approximate surface area is 164 Å². The SMILES string of the molecule is CCC(C)NC(=O)N1CCc2ccc(S(=O)(=O)NCc3cccs3)cc2C1. The first-order valence-electron chi connectivity index (χ1n) is 9.08. The molecule has 0 saturated heterocycles. The molecule has 0 spiro atoms. The number of urea groups is 1. The van der Waals surface area contributed by atoms with E-state index in [2.05, 4.69) is 10.0 Å². The van der Waals surface area contributed by atoms with E-state index < -0.39 is 10.0 Å². The third kappa shape index (κ3) is 4.88. The minimum Gasteiger partial charge on any atom is -0.336 e. The topological polar surface area (TPSA) is 78.5 Å². The minimum atomic E-state index is -3.59. The van der Waals surface area contributed by atoms with E-state index in [0.29, 0.717) is 13.1 Å². The van der Waals surface area contributed by atoms with Crippen LogP contribution < -0.4 is 10.0 Å². The number of hydrogen-bond donors (Lipinski definition) is 2. The zero-order valence-corrected chi connectivity index (χ0v) is 17.2. The maximum atomic E-state index is 12.6. The molecule has 2 amide bonds. The first-order valence-corrected chi connectivity index (χ1v) is 11.4. The molecule has 27 heavy (non-hydrogen) atoms. The van der Waals surface area contributed by atoms with Crippen molar-refractivity contribution in [1.82, 2.24) is 14.9 Å². The predicted molar refractivity (Wildman–Crippen MR) is 107 cm³/mol. The zero-order chi connectivity index (χ0) is 19.4. The molecule has 6 nitrogen and oxygen atoms in total. The molecule has 8 heteroatoms. The van der Waals surface area contributed by atoms with Crippen molar-refractivity contribution < 1.29 is 13.2 Å². The number of carbonyl (C=O) groups is 1. The lowest BCUT2D eigenvalue weighted by Crippen LogP contribution is -2.45. The molecule has 146 valence electrons. The summed E-state index contributed by atoms with van der Waals surface area (Å²) in [4.78, 5) is 15.3. The third-order valence-corrected chi connectivity index (χ3v) is 7.06. The predicted octanol–water partition coefficient (Wildman–Crippen LogP) is 3.09. The highest BCUT2D eigenvalue weighted by atomic mass is 32.2. The molecule has 0 fully saturated rings. The fraction of sp³-hybridized carbons (Fsp3) is 0.421. The summed E-state index contributed by atoms with van der Waals surface area (Å²) in [6, 6.07) is 9.00. The highest BCUT2D eigenvalue weighted by Crippen LogP contribution is 2.23. The van der Waals surface area contributed by atoms with Crippen LogP contribution in [0.2, 0.25) is 0 Å². The normalized spacial score (nSPS) is 15.3. The van der Waals surface area contributed by atoms with Gasteiger partial charge in [0.1, 0.15) is 0 Å². The van der Waals surface area contributed by atoms with Gasteiger partial charge in [-0.25, -0.2) is 17.9 Å². The Morgan fingerprint density at radius 1 is 1.30 bits per heavy atom.